The third-order valence-corrected chi connectivity index (χ3v) is 4.33. The number of benzene rings is 1. The number of carboxylic acids is 1. The number of rotatable bonds is 5. The van der Waals surface area contributed by atoms with Gasteiger partial charge in [-0.3, -0.25) is 14.6 Å². The van der Waals surface area contributed by atoms with Gasteiger partial charge in [0, 0.05) is 11.6 Å². The summed E-state index contributed by atoms with van der Waals surface area (Å²) >= 11 is 0. The number of hydrogen-bond donors (Lipinski definition) is 3. The van der Waals surface area contributed by atoms with Crippen LogP contribution in [0.4, 0.5) is 0 Å². The van der Waals surface area contributed by atoms with Crippen molar-refractivity contribution in [3.63, 3.8) is 0 Å². The molecule has 3 unspecified atom stereocenters. The van der Waals surface area contributed by atoms with Crippen molar-refractivity contribution < 1.29 is 14.7 Å². The number of nitrogens with one attached hydrogen (secondary N) is 1. The maximum absolute atomic E-state index is 12.5. The van der Waals surface area contributed by atoms with Gasteiger partial charge in [-0.15, -0.1) is 0 Å². The Labute approximate surface area is 133 Å². The van der Waals surface area contributed by atoms with Crippen LogP contribution in [0.5, 0.6) is 0 Å². The highest BCUT2D eigenvalue weighted by atomic mass is 16.4. The fourth-order valence-electron chi connectivity index (χ4n) is 3.06. The summed E-state index contributed by atoms with van der Waals surface area (Å²) in [6, 6.07) is 7.97. The van der Waals surface area contributed by atoms with Crippen LogP contribution in [-0.4, -0.2) is 34.4 Å². The zero-order valence-corrected chi connectivity index (χ0v) is 12.6. The normalized spacial score (nSPS) is 20.3. The first-order valence-corrected chi connectivity index (χ1v) is 7.68. The monoisotopic (exact) mass is 313 g/mol. The Balaban J connectivity index is 1.91. The number of nitrogens with two attached hydrogens (primary N) is 1. The van der Waals surface area contributed by atoms with Crippen molar-refractivity contribution in [2.75, 3.05) is 6.54 Å². The largest absolute Gasteiger partial charge is 0.481 e. The molecule has 0 saturated carbocycles. The second-order valence-corrected chi connectivity index (χ2v) is 5.85. The molecule has 120 valence electrons. The van der Waals surface area contributed by atoms with E-state index < -0.39 is 24.0 Å². The SMILES string of the molecule is NC(c1cnc2ccccc2c1)C(C(=O)O)C(=O)C1CCCN1. The van der Waals surface area contributed by atoms with Crippen molar-refractivity contribution in [2.45, 2.75) is 24.9 Å². The number of carbonyl (C=O) groups is 2. The average molecular weight is 313 g/mol. The highest BCUT2D eigenvalue weighted by Gasteiger charge is 2.38. The van der Waals surface area contributed by atoms with Gasteiger partial charge in [-0.2, -0.15) is 0 Å². The van der Waals surface area contributed by atoms with Gasteiger partial charge in [-0.05, 0) is 37.1 Å². The Bertz CT molecular complexity index is 741. The summed E-state index contributed by atoms with van der Waals surface area (Å²) in [5.74, 6) is -2.81. The van der Waals surface area contributed by atoms with E-state index in [0.717, 1.165) is 23.9 Å². The van der Waals surface area contributed by atoms with Crippen molar-refractivity contribution in [3.05, 3.63) is 42.1 Å². The molecule has 3 atom stereocenters. The molecule has 4 N–H and O–H groups in total. The minimum atomic E-state index is -1.27. The van der Waals surface area contributed by atoms with Crippen LogP contribution in [0.1, 0.15) is 24.4 Å². The standard InChI is InChI=1S/C17H19N3O3/c18-15(11-8-10-4-1-2-5-12(10)20-9-11)14(17(22)23)16(21)13-6-3-7-19-13/h1-2,4-5,8-9,13-15,19H,3,6-7,18H2,(H,22,23). The van der Waals surface area contributed by atoms with Gasteiger partial charge in [0.05, 0.1) is 17.6 Å². The second kappa shape index (κ2) is 6.44. The highest BCUT2D eigenvalue weighted by molar-refractivity contribution is 6.02. The molecule has 0 spiro atoms. The number of aromatic nitrogens is 1. The van der Waals surface area contributed by atoms with Gasteiger partial charge >= 0.3 is 5.97 Å². The number of ketones is 1. The third kappa shape index (κ3) is 3.09. The Kier molecular flexibility index (Phi) is 4.36. The Morgan fingerprint density at radius 1 is 1.35 bits per heavy atom. The van der Waals surface area contributed by atoms with Crippen molar-refractivity contribution in [2.24, 2.45) is 11.7 Å². The smallest absolute Gasteiger partial charge is 0.316 e. The van der Waals surface area contributed by atoms with Crippen LogP contribution in [0.15, 0.2) is 36.5 Å². The molecule has 0 amide bonds. The highest BCUT2D eigenvalue weighted by Crippen LogP contribution is 2.25. The first-order chi connectivity index (χ1) is 11.1. The van der Waals surface area contributed by atoms with E-state index in [1.165, 1.54) is 0 Å². The molecule has 3 rings (SSSR count). The third-order valence-electron chi connectivity index (χ3n) is 4.33. The number of carboxylic acid groups (broad SMARTS) is 1. The molecule has 23 heavy (non-hydrogen) atoms. The van der Waals surface area contributed by atoms with Crippen molar-refractivity contribution in [1.82, 2.24) is 10.3 Å². The summed E-state index contributed by atoms with van der Waals surface area (Å²) in [7, 11) is 0. The lowest BCUT2D eigenvalue weighted by atomic mass is 9.87. The van der Waals surface area contributed by atoms with Gasteiger partial charge in [-0.1, -0.05) is 18.2 Å². The first kappa shape index (κ1) is 15.6. The molecule has 1 saturated heterocycles. The Morgan fingerprint density at radius 2 is 2.13 bits per heavy atom. The quantitative estimate of drug-likeness (QED) is 0.718. The van der Waals surface area contributed by atoms with Crippen LogP contribution in [0.2, 0.25) is 0 Å². The predicted octanol–water partition coefficient (Wildman–Crippen LogP) is 1.26. The van der Waals surface area contributed by atoms with Crippen LogP contribution in [0.3, 0.4) is 0 Å². The predicted molar refractivity (Wildman–Crippen MR) is 85.8 cm³/mol. The molecule has 6 heteroatoms. The zero-order chi connectivity index (χ0) is 16.4. The summed E-state index contributed by atoms with van der Waals surface area (Å²) in [5, 5.41) is 13.4. The number of aliphatic carboxylic acids is 1. The fraction of sp³-hybridized carbons (Fsp3) is 0.353. The molecule has 1 aromatic carbocycles. The lowest BCUT2D eigenvalue weighted by Crippen LogP contribution is -2.43. The average Bonchev–Trinajstić information content (AvgIpc) is 3.08. The summed E-state index contributed by atoms with van der Waals surface area (Å²) < 4.78 is 0. The van der Waals surface area contributed by atoms with Crippen molar-refractivity contribution in [3.8, 4) is 0 Å². The van der Waals surface area contributed by atoms with Crippen molar-refractivity contribution >= 4 is 22.7 Å². The van der Waals surface area contributed by atoms with Crippen LogP contribution in [0.25, 0.3) is 10.9 Å². The molecular formula is C17H19N3O3. The van der Waals surface area contributed by atoms with Crippen LogP contribution in [0, 0.1) is 5.92 Å². The lowest BCUT2D eigenvalue weighted by molar-refractivity contribution is -0.147. The number of Topliss-reactive ketones (excluding diaryl/α,β-unsaturated/α-hetero) is 1. The number of para-hydroxylation sites is 1. The molecule has 1 aliphatic rings. The zero-order valence-electron chi connectivity index (χ0n) is 12.6. The Hall–Kier alpha value is -2.31. The van der Waals surface area contributed by atoms with Gasteiger partial charge < -0.3 is 16.2 Å². The lowest BCUT2D eigenvalue weighted by Gasteiger charge is -2.22. The second-order valence-electron chi connectivity index (χ2n) is 5.85. The minimum Gasteiger partial charge on any atom is -0.481 e. The number of hydrogen-bond acceptors (Lipinski definition) is 5. The molecule has 1 aromatic heterocycles. The van der Waals surface area contributed by atoms with Gasteiger partial charge in [0.2, 0.25) is 0 Å². The number of nitrogens with zero attached hydrogens (tertiary/aromatic N) is 1. The van der Waals surface area contributed by atoms with E-state index in [9.17, 15) is 14.7 Å². The van der Waals surface area contributed by atoms with Crippen LogP contribution < -0.4 is 11.1 Å². The number of fused-ring (bicyclic) bond motifs is 1. The molecule has 1 aliphatic heterocycles. The van der Waals surface area contributed by atoms with E-state index in [-0.39, 0.29) is 5.78 Å². The van der Waals surface area contributed by atoms with Crippen LogP contribution in [-0.2, 0) is 9.59 Å². The van der Waals surface area contributed by atoms with Gasteiger partial charge in [0.15, 0.2) is 5.78 Å². The Morgan fingerprint density at radius 3 is 2.83 bits per heavy atom. The summed E-state index contributed by atoms with van der Waals surface area (Å²) in [5.41, 5.74) is 7.49. The molecule has 1 fully saturated rings. The van der Waals surface area contributed by atoms with E-state index in [1.807, 2.05) is 24.3 Å². The van der Waals surface area contributed by atoms with Gasteiger partial charge in [0.1, 0.15) is 5.92 Å². The van der Waals surface area contributed by atoms with E-state index in [4.69, 9.17) is 5.73 Å². The van der Waals surface area contributed by atoms with E-state index in [1.54, 1.807) is 12.3 Å². The summed E-state index contributed by atoms with van der Waals surface area (Å²) in [6.45, 7) is 0.732. The summed E-state index contributed by atoms with van der Waals surface area (Å²) in [4.78, 5) is 28.4. The van der Waals surface area contributed by atoms with Gasteiger partial charge in [0.25, 0.3) is 0 Å². The molecule has 2 heterocycles. The molecule has 2 aromatic rings. The van der Waals surface area contributed by atoms with E-state index in [2.05, 4.69) is 10.3 Å². The molecule has 0 radical (unpaired) electrons. The number of carbonyl (C=O) groups excluding carboxylic acids is 1. The fourth-order valence-corrected chi connectivity index (χ4v) is 3.06. The van der Waals surface area contributed by atoms with E-state index >= 15 is 0 Å². The molecular weight excluding hydrogens is 294 g/mol. The topological polar surface area (TPSA) is 105 Å². The first-order valence-electron chi connectivity index (χ1n) is 7.68. The van der Waals surface area contributed by atoms with Gasteiger partial charge in [-0.25, -0.2) is 0 Å². The van der Waals surface area contributed by atoms with Crippen LogP contribution >= 0.6 is 0 Å². The maximum atomic E-state index is 12.5. The molecule has 6 nitrogen and oxygen atoms in total. The molecule has 0 bridgehead atoms. The number of pyridine rings is 1. The maximum Gasteiger partial charge on any atom is 0.316 e. The molecule has 0 aliphatic carbocycles. The van der Waals surface area contributed by atoms with Crippen molar-refractivity contribution in [1.29, 1.82) is 0 Å². The summed E-state index contributed by atoms with van der Waals surface area (Å²) in [6.07, 6.45) is 3.08. The minimum absolute atomic E-state index is 0.351. The van der Waals surface area contributed by atoms with E-state index in [0.29, 0.717) is 12.0 Å².